The molecule has 2 aromatic rings. The summed E-state index contributed by atoms with van der Waals surface area (Å²) in [7, 11) is 0. The lowest BCUT2D eigenvalue weighted by Crippen LogP contribution is -2.45. The van der Waals surface area contributed by atoms with Crippen LogP contribution < -0.4 is 5.32 Å². The summed E-state index contributed by atoms with van der Waals surface area (Å²) in [4.78, 5) is 25.0. The first-order valence-corrected chi connectivity index (χ1v) is 8.95. The Balaban J connectivity index is 2.06. The summed E-state index contributed by atoms with van der Waals surface area (Å²) in [6.07, 6.45) is 0. The average Bonchev–Trinajstić information content (AvgIpc) is 2.60. The molecular weight excluding hydrogens is 350 g/mol. The van der Waals surface area contributed by atoms with Crippen molar-refractivity contribution >= 4 is 23.5 Å². The van der Waals surface area contributed by atoms with Crippen LogP contribution in [0.3, 0.4) is 0 Å². The maximum Gasteiger partial charge on any atom is 0.329 e. The maximum atomic E-state index is 12.5. The van der Waals surface area contributed by atoms with E-state index in [9.17, 15) is 9.59 Å². The number of amides is 1. The van der Waals surface area contributed by atoms with Gasteiger partial charge in [0.15, 0.2) is 0 Å². The van der Waals surface area contributed by atoms with E-state index in [0.29, 0.717) is 10.6 Å². The number of carbonyl (C=O) groups is 2. The average molecular weight is 374 g/mol. The standard InChI is InChI=1S/C21H24ClNO3/c1-13(2)19(23-20(24)17-7-5-6-8-18(17)22)21(25)26-12-16-11-14(3)9-10-15(16)4/h5-11,13,19H,12H2,1-4H3,(H,23,24)/t19-/m0/s1. The number of hydrogen-bond acceptors (Lipinski definition) is 3. The highest BCUT2D eigenvalue weighted by molar-refractivity contribution is 6.33. The van der Waals surface area contributed by atoms with Gasteiger partial charge in [-0.3, -0.25) is 4.79 Å². The fourth-order valence-corrected chi connectivity index (χ4v) is 2.78. The quantitative estimate of drug-likeness (QED) is 0.761. The minimum Gasteiger partial charge on any atom is -0.459 e. The van der Waals surface area contributed by atoms with Gasteiger partial charge in [0.1, 0.15) is 12.6 Å². The van der Waals surface area contributed by atoms with Crippen molar-refractivity contribution in [2.45, 2.75) is 40.3 Å². The Morgan fingerprint density at radius 3 is 2.46 bits per heavy atom. The van der Waals surface area contributed by atoms with Crippen LogP contribution in [0.4, 0.5) is 0 Å². The molecule has 0 saturated heterocycles. The van der Waals surface area contributed by atoms with Crippen LogP contribution in [0, 0.1) is 19.8 Å². The normalized spacial score (nSPS) is 11.9. The molecule has 4 nitrogen and oxygen atoms in total. The first-order chi connectivity index (χ1) is 12.3. The molecule has 1 atom stereocenters. The molecule has 0 unspecified atom stereocenters. The second-order valence-electron chi connectivity index (χ2n) is 6.71. The van der Waals surface area contributed by atoms with Crippen molar-refractivity contribution < 1.29 is 14.3 Å². The molecule has 5 heteroatoms. The largest absolute Gasteiger partial charge is 0.459 e. The Labute approximate surface area is 159 Å². The molecule has 2 aromatic carbocycles. The SMILES string of the molecule is Cc1ccc(C)c(COC(=O)[C@@H](NC(=O)c2ccccc2Cl)C(C)C)c1. The molecule has 0 heterocycles. The van der Waals surface area contributed by atoms with E-state index in [1.165, 1.54) is 0 Å². The van der Waals surface area contributed by atoms with E-state index < -0.39 is 17.9 Å². The Morgan fingerprint density at radius 2 is 1.81 bits per heavy atom. The Morgan fingerprint density at radius 1 is 1.12 bits per heavy atom. The minimum absolute atomic E-state index is 0.118. The van der Waals surface area contributed by atoms with Gasteiger partial charge in [-0.25, -0.2) is 4.79 Å². The number of benzene rings is 2. The number of halogens is 1. The van der Waals surface area contributed by atoms with Gasteiger partial charge in [-0.15, -0.1) is 0 Å². The van der Waals surface area contributed by atoms with Crippen molar-refractivity contribution in [3.05, 3.63) is 69.7 Å². The second kappa shape index (κ2) is 8.86. The molecule has 0 fully saturated rings. The number of aryl methyl sites for hydroxylation is 2. The van der Waals surface area contributed by atoms with Crippen LogP contribution in [0.25, 0.3) is 0 Å². The molecule has 1 N–H and O–H groups in total. The molecule has 0 spiro atoms. The molecule has 0 bridgehead atoms. The molecule has 138 valence electrons. The van der Waals surface area contributed by atoms with E-state index in [0.717, 1.165) is 16.7 Å². The summed E-state index contributed by atoms with van der Waals surface area (Å²) < 4.78 is 5.47. The Hall–Kier alpha value is -2.33. The zero-order chi connectivity index (χ0) is 19.3. The first kappa shape index (κ1) is 20.0. The summed E-state index contributed by atoms with van der Waals surface area (Å²) in [5, 5.41) is 3.08. The van der Waals surface area contributed by atoms with Gasteiger partial charge in [0.05, 0.1) is 10.6 Å². The first-order valence-electron chi connectivity index (χ1n) is 8.57. The van der Waals surface area contributed by atoms with Crippen LogP contribution in [-0.4, -0.2) is 17.9 Å². The lowest BCUT2D eigenvalue weighted by atomic mass is 10.0. The van der Waals surface area contributed by atoms with Crippen molar-refractivity contribution in [3.8, 4) is 0 Å². The third-order valence-corrected chi connectivity index (χ3v) is 4.53. The van der Waals surface area contributed by atoms with E-state index in [1.807, 2.05) is 45.9 Å². The van der Waals surface area contributed by atoms with E-state index in [1.54, 1.807) is 24.3 Å². The number of rotatable bonds is 6. The van der Waals surface area contributed by atoms with Crippen molar-refractivity contribution in [3.63, 3.8) is 0 Å². The molecule has 0 aromatic heterocycles. The van der Waals surface area contributed by atoms with Crippen molar-refractivity contribution in [2.75, 3.05) is 0 Å². The van der Waals surface area contributed by atoms with E-state index in [-0.39, 0.29) is 12.5 Å². The van der Waals surface area contributed by atoms with Crippen LogP contribution >= 0.6 is 11.6 Å². The number of esters is 1. The number of nitrogens with one attached hydrogen (secondary N) is 1. The minimum atomic E-state index is -0.746. The highest BCUT2D eigenvalue weighted by Crippen LogP contribution is 2.17. The van der Waals surface area contributed by atoms with Gasteiger partial charge in [-0.05, 0) is 43.0 Å². The number of ether oxygens (including phenoxy) is 1. The topological polar surface area (TPSA) is 55.4 Å². The molecular formula is C21H24ClNO3. The third-order valence-electron chi connectivity index (χ3n) is 4.20. The van der Waals surface area contributed by atoms with Crippen LogP contribution in [-0.2, 0) is 16.1 Å². The highest BCUT2D eigenvalue weighted by Gasteiger charge is 2.27. The van der Waals surface area contributed by atoms with Crippen LogP contribution in [0.2, 0.25) is 5.02 Å². The van der Waals surface area contributed by atoms with E-state index >= 15 is 0 Å². The van der Waals surface area contributed by atoms with Gasteiger partial charge in [0.2, 0.25) is 0 Å². The predicted molar refractivity (Wildman–Crippen MR) is 103 cm³/mol. The van der Waals surface area contributed by atoms with Gasteiger partial charge in [0.25, 0.3) is 5.91 Å². The van der Waals surface area contributed by atoms with Gasteiger partial charge < -0.3 is 10.1 Å². The Kier molecular flexibility index (Phi) is 6.81. The zero-order valence-corrected chi connectivity index (χ0v) is 16.3. The molecule has 0 aliphatic carbocycles. The summed E-state index contributed by atoms with van der Waals surface area (Å²) in [6.45, 7) is 7.86. The molecule has 0 radical (unpaired) electrons. The molecule has 26 heavy (non-hydrogen) atoms. The van der Waals surface area contributed by atoms with Crippen LogP contribution in [0.1, 0.15) is 40.9 Å². The van der Waals surface area contributed by atoms with Gasteiger partial charge in [-0.2, -0.15) is 0 Å². The Bertz CT molecular complexity index is 802. The predicted octanol–water partition coefficient (Wildman–Crippen LogP) is 4.45. The van der Waals surface area contributed by atoms with Gasteiger partial charge >= 0.3 is 5.97 Å². The molecule has 2 rings (SSSR count). The van der Waals surface area contributed by atoms with Crippen molar-refractivity contribution in [2.24, 2.45) is 5.92 Å². The molecule has 0 aliphatic heterocycles. The fourth-order valence-electron chi connectivity index (χ4n) is 2.56. The summed E-state index contributed by atoms with van der Waals surface area (Å²) in [5.41, 5.74) is 3.46. The summed E-state index contributed by atoms with van der Waals surface area (Å²) in [5.74, 6) is -0.966. The van der Waals surface area contributed by atoms with Gasteiger partial charge in [-0.1, -0.05) is 61.3 Å². The zero-order valence-electron chi connectivity index (χ0n) is 15.5. The lowest BCUT2D eigenvalue weighted by molar-refractivity contribution is -0.148. The van der Waals surface area contributed by atoms with Crippen molar-refractivity contribution in [1.29, 1.82) is 0 Å². The molecule has 0 aliphatic rings. The highest BCUT2D eigenvalue weighted by atomic mass is 35.5. The summed E-state index contributed by atoms with van der Waals surface area (Å²) in [6, 6.07) is 12.0. The monoisotopic (exact) mass is 373 g/mol. The van der Waals surface area contributed by atoms with Crippen LogP contribution in [0.5, 0.6) is 0 Å². The second-order valence-corrected chi connectivity index (χ2v) is 7.12. The maximum absolute atomic E-state index is 12.5. The third kappa shape index (κ3) is 5.09. The van der Waals surface area contributed by atoms with Gasteiger partial charge in [0, 0.05) is 0 Å². The number of carbonyl (C=O) groups excluding carboxylic acids is 2. The summed E-state index contributed by atoms with van der Waals surface area (Å²) >= 11 is 6.06. The fraction of sp³-hybridized carbons (Fsp3) is 0.333. The van der Waals surface area contributed by atoms with E-state index in [2.05, 4.69) is 5.32 Å². The lowest BCUT2D eigenvalue weighted by Gasteiger charge is -2.21. The van der Waals surface area contributed by atoms with Crippen LogP contribution in [0.15, 0.2) is 42.5 Å². The van der Waals surface area contributed by atoms with E-state index in [4.69, 9.17) is 16.3 Å². The number of hydrogen-bond donors (Lipinski definition) is 1. The van der Waals surface area contributed by atoms with Crippen molar-refractivity contribution in [1.82, 2.24) is 5.32 Å². The molecule has 0 saturated carbocycles. The molecule has 1 amide bonds. The smallest absolute Gasteiger partial charge is 0.329 e.